The second kappa shape index (κ2) is 9.19. The number of hydrogen-bond acceptors (Lipinski definition) is 4. The highest BCUT2D eigenvalue weighted by Crippen LogP contribution is 2.47. The first kappa shape index (κ1) is 20.9. The molecule has 0 saturated carbocycles. The molecule has 2 aliphatic rings. The third-order valence-electron chi connectivity index (χ3n) is 5.82. The lowest BCUT2D eigenvalue weighted by molar-refractivity contribution is -0.256. The second-order valence-corrected chi connectivity index (χ2v) is 8.08. The number of aryl methyl sites for hydroxylation is 1. The van der Waals surface area contributed by atoms with Crippen LogP contribution in [0.25, 0.3) is 0 Å². The summed E-state index contributed by atoms with van der Waals surface area (Å²) in [4.78, 5) is 15.2. The highest BCUT2D eigenvalue weighted by molar-refractivity contribution is 6.06. The molecule has 1 amide bonds. The molecular weight excluding hydrogens is 378 g/mol. The van der Waals surface area contributed by atoms with E-state index < -0.39 is 5.79 Å². The van der Waals surface area contributed by atoms with Crippen molar-refractivity contribution in [3.8, 4) is 5.75 Å². The summed E-state index contributed by atoms with van der Waals surface area (Å²) < 4.78 is 17.7. The molecule has 0 atom stereocenters. The number of fused-ring (bicyclic) bond motifs is 2. The Labute approximate surface area is 178 Å². The SMILES string of the molecule is CCCCCCOc1ccc(CN2C(=O)C3(OCCCO3)c3cccc(C)c32)cc1. The molecule has 2 aromatic carbocycles. The van der Waals surface area contributed by atoms with Crippen LogP contribution in [0.1, 0.15) is 55.7 Å². The van der Waals surface area contributed by atoms with Crippen molar-refractivity contribution in [3.63, 3.8) is 0 Å². The van der Waals surface area contributed by atoms with Crippen LogP contribution in [-0.2, 0) is 26.6 Å². The lowest BCUT2D eigenvalue weighted by Gasteiger charge is -2.32. The maximum absolute atomic E-state index is 13.4. The predicted molar refractivity (Wildman–Crippen MR) is 117 cm³/mol. The van der Waals surface area contributed by atoms with Crippen molar-refractivity contribution >= 4 is 11.6 Å². The van der Waals surface area contributed by atoms with Crippen LogP contribution in [0.5, 0.6) is 5.75 Å². The molecule has 4 rings (SSSR count). The second-order valence-electron chi connectivity index (χ2n) is 8.08. The number of amides is 1. The fraction of sp³-hybridized carbons (Fsp3) is 0.480. The molecule has 5 nitrogen and oxygen atoms in total. The van der Waals surface area contributed by atoms with Crippen molar-refractivity contribution in [2.75, 3.05) is 24.7 Å². The third-order valence-corrected chi connectivity index (χ3v) is 5.82. The van der Waals surface area contributed by atoms with Gasteiger partial charge in [-0.3, -0.25) is 4.79 Å². The Kier molecular flexibility index (Phi) is 6.40. The number of nitrogens with zero attached hydrogens (tertiary/aromatic N) is 1. The molecule has 160 valence electrons. The van der Waals surface area contributed by atoms with Gasteiger partial charge in [-0.05, 0) is 43.0 Å². The fourth-order valence-corrected chi connectivity index (χ4v) is 4.23. The summed E-state index contributed by atoms with van der Waals surface area (Å²) in [6, 6.07) is 14.0. The molecule has 0 unspecified atom stereocenters. The van der Waals surface area contributed by atoms with Gasteiger partial charge in [0.2, 0.25) is 0 Å². The smallest absolute Gasteiger partial charge is 0.292 e. The number of carbonyl (C=O) groups is 1. The van der Waals surface area contributed by atoms with Crippen molar-refractivity contribution in [3.05, 3.63) is 59.2 Å². The minimum absolute atomic E-state index is 0.136. The summed E-state index contributed by atoms with van der Waals surface area (Å²) in [7, 11) is 0. The molecule has 2 aliphatic heterocycles. The van der Waals surface area contributed by atoms with Crippen molar-refractivity contribution in [1.82, 2.24) is 0 Å². The number of rotatable bonds is 8. The van der Waals surface area contributed by atoms with Crippen molar-refractivity contribution in [2.24, 2.45) is 0 Å². The lowest BCUT2D eigenvalue weighted by Crippen LogP contribution is -2.47. The Bertz CT molecular complexity index is 871. The molecule has 2 aromatic rings. The van der Waals surface area contributed by atoms with Gasteiger partial charge in [0.1, 0.15) is 5.75 Å². The molecule has 1 fully saturated rings. The van der Waals surface area contributed by atoms with Gasteiger partial charge in [-0.1, -0.05) is 56.5 Å². The molecule has 0 aliphatic carbocycles. The molecule has 1 spiro atoms. The summed E-state index contributed by atoms with van der Waals surface area (Å²) in [5.41, 5.74) is 3.81. The first-order valence-corrected chi connectivity index (χ1v) is 11.1. The summed E-state index contributed by atoms with van der Waals surface area (Å²) in [6.07, 6.45) is 5.56. The Morgan fingerprint density at radius 1 is 1.03 bits per heavy atom. The van der Waals surface area contributed by atoms with E-state index in [0.29, 0.717) is 19.8 Å². The van der Waals surface area contributed by atoms with E-state index in [1.165, 1.54) is 19.3 Å². The first-order valence-electron chi connectivity index (χ1n) is 11.1. The zero-order valence-corrected chi connectivity index (χ0v) is 18.0. The molecular formula is C25H31NO4. The van der Waals surface area contributed by atoms with E-state index in [2.05, 4.69) is 6.92 Å². The standard InChI is InChI=1S/C25H31NO4/c1-3-4-5-6-15-28-21-13-11-20(12-14-21)18-26-23-19(2)9-7-10-22(23)25(24(26)27)29-16-8-17-30-25/h7,9-14H,3-6,8,15-18H2,1-2H3. The molecule has 30 heavy (non-hydrogen) atoms. The fourth-order valence-electron chi connectivity index (χ4n) is 4.23. The zero-order chi connectivity index (χ0) is 21.0. The number of ether oxygens (including phenoxy) is 3. The van der Waals surface area contributed by atoms with Gasteiger partial charge in [0.05, 0.1) is 32.1 Å². The van der Waals surface area contributed by atoms with Gasteiger partial charge in [0, 0.05) is 5.56 Å². The van der Waals surface area contributed by atoms with Crippen LogP contribution in [0.15, 0.2) is 42.5 Å². The average molecular weight is 410 g/mol. The van der Waals surface area contributed by atoms with E-state index in [1.54, 1.807) is 4.90 Å². The molecule has 2 heterocycles. The van der Waals surface area contributed by atoms with Crippen molar-refractivity contribution < 1.29 is 19.0 Å². The molecule has 5 heteroatoms. The van der Waals surface area contributed by atoms with Crippen LogP contribution >= 0.6 is 0 Å². The largest absolute Gasteiger partial charge is 0.494 e. The topological polar surface area (TPSA) is 48.0 Å². The zero-order valence-electron chi connectivity index (χ0n) is 18.0. The highest BCUT2D eigenvalue weighted by Gasteiger charge is 2.55. The van der Waals surface area contributed by atoms with Gasteiger partial charge in [-0.25, -0.2) is 0 Å². The average Bonchev–Trinajstić information content (AvgIpc) is 2.99. The third kappa shape index (κ3) is 3.96. The molecule has 1 saturated heterocycles. The number of unbranched alkanes of at least 4 members (excludes halogenated alkanes) is 3. The van der Waals surface area contributed by atoms with E-state index in [0.717, 1.165) is 47.6 Å². The summed E-state index contributed by atoms with van der Waals surface area (Å²) in [6.45, 7) is 6.50. The minimum Gasteiger partial charge on any atom is -0.494 e. The van der Waals surface area contributed by atoms with Crippen molar-refractivity contribution in [2.45, 2.75) is 58.3 Å². The van der Waals surface area contributed by atoms with Gasteiger partial charge < -0.3 is 19.1 Å². The lowest BCUT2D eigenvalue weighted by atomic mass is 10.0. The molecule has 0 radical (unpaired) electrons. The van der Waals surface area contributed by atoms with Gasteiger partial charge in [0.25, 0.3) is 11.7 Å². The normalized spacial score (nSPS) is 17.4. The maximum atomic E-state index is 13.4. The van der Waals surface area contributed by atoms with Crippen LogP contribution in [0, 0.1) is 6.92 Å². The number of benzene rings is 2. The number of hydrogen-bond donors (Lipinski definition) is 0. The Morgan fingerprint density at radius 2 is 1.80 bits per heavy atom. The number of anilines is 1. The molecule has 0 aromatic heterocycles. The van der Waals surface area contributed by atoms with Crippen molar-refractivity contribution in [1.29, 1.82) is 0 Å². The van der Waals surface area contributed by atoms with Crippen LogP contribution in [0.2, 0.25) is 0 Å². The van der Waals surface area contributed by atoms with E-state index in [1.807, 2.05) is 49.4 Å². The van der Waals surface area contributed by atoms with Gasteiger partial charge >= 0.3 is 0 Å². The van der Waals surface area contributed by atoms with Gasteiger partial charge in [-0.2, -0.15) is 0 Å². The number of para-hydroxylation sites is 1. The summed E-state index contributed by atoms with van der Waals surface area (Å²) in [5.74, 6) is -0.557. The quantitative estimate of drug-likeness (QED) is 0.570. The Morgan fingerprint density at radius 3 is 2.53 bits per heavy atom. The molecule has 0 bridgehead atoms. The van der Waals surface area contributed by atoms with Crippen LogP contribution in [-0.4, -0.2) is 25.7 Å². The van der Waals surface area contributed by atoms with Gasteiger partial charge in [-0.15, -0.1) is 0 Å². The molecule has 0 N–H and O–H groups in total. The minimum atomic E-state index is -1.29. The van der Waals surface area contributed by atoms with Gasteiger partial charge in [0.15, 0.2) is 0 Å². The van der Waals surface area contributed by atoms with Crippen LogP contribution < -0.4 is 9.64 Å². The summed E-state index contributed by atoms with van der Waals surface area (Å²) in [5, 5.41) is 0. The van der Waals surface area contributed by atoms with Crippen LogP contribution in [0.3, 0.4) is 0 Å². The predicted octanol–water partition coefficient (Wildman–Crippen LogP) is 5.09. The van der Waals surface area contributed by atoms with E-state index in [-0.39, 0.29) is 5.91 Å². The Balaban J connectivity index is 1.49. The van der Waals surface area contributed by atoms with E-state index in [4.69, 9.17) is 14.2 Å². The van der Waals surface area contributed by atoms with Crippen LogP contribution in [0.4, 0.5) is 5.69 Å². The first-order chi connectivity index (χ1) is 14.7. The maximum Gasteiger partial charge on any atom is 0.292 e. The van der Waals surface area contributed by atoms with E-state index >= 15 is 0 Å². The summed E-state index contributed by atoms with van der Waals surface area (Å²) >= 11 is 0. The Hall–Kier alpha value is -2.37. The number of carbonyl (C=O) groups excluding carboxylic acids is 1. The highest BCUT2D eigenvalue weighted by atomic mass is 16.7. The monoisotopic (exact) mass is 409 g/mol. The van der Waals surface area contributed by atoms with E-state index in [9.17, 15) is 4.79 Å².